The fourth-order valence-electron chi connectivity index (χ4n) is 1.74. The molecule has 0 aromatic heterocycles. The summed E-state index contributed by atoms with van der Waals surface area (Å²) in [5, 5.41) is 0. The Kier molecular flexibility index (Phi) is 3.90. The molecule has 0 heterocycles. The van der Waals surface area contributed by atoms with Crippen molar-refractivity contribution in [2.24, 2.45) is 0 Å². The molecule has 98 valence electrons. The molecule has 0 radical (unpaired) electrons. The van der Waals surface area contributed by atoms with Gasteiger partial charge >= 0.3 is 0 Å². The van der Waals surface area contributed by atoms with Crippen LogP contribution >= 0.6 is 0 Å². The number of carbonyl (C=O) groups is 1. The number of hydrogen-bond donors (Lipinski definition) is 0. The van der Waals surface area contributed by atoms with Gasteiger partial charge in [-0.2, -0.15) is 0 Å². The number of methoxy groups -OCH3 is 1. The summed E-state index contributed by atoms with van der Waals surface area (Å²) < 4.78 is 30.9. The van der Waals surface area contributed by atoms with Gasteiger partial charge in [0.25, 0.3) is 0 Å². The molecule has 0 unspecified atom stereocenters. The second-order valence-corrected chi connectivity index (χ2v) is 4.08. The smallest absolute Gasteiger partial charge is 0.167 e. The Morgan fingerprint density at radius 3 is 2.58 bits per heavy atom. The molecule has 0 spiro atoms. The Balaban J connectivity index is 2.18. The van der Waals surface area contributed by atoms with Crippen LogP contribution in [0.15, 0.2) is 42.5 Å². The summed E-state index contributed by atoms with van der Waals surface area (Å²) in [7, 11) is 1.54. The molecule has 2 nitrogen and oxygen atoms in total. The van der Waals surface area contributed by atoms with Gasteiger partial charge in [-0.05, 0) is 35.9 Å². The first kappa shape index (κ1) is 13.2. The molecule has 0 saturated carbocycles. The Morgan fingerprint density at radius 2 is 1.89 bits per heavy atom. The van der Waals surface area contributed by atoms with Gasteiger partial charge in [0.2, 0.25) is 0 Å². The molecular formula is C15H12F2O2. The highest BCUT2D eigenvalue weighted by molar-refractivity contribution is 5.97. The Bertz CT molecular complexity index is 609. The molecule has 0 aliphatic carbocycles. The van der Waals surface area contributed by atoms with Crippen LogP contribution < -0.4 is 4.74 Å². The molecular weight excluding hydrogens is 250 g/mol. The lowest BCUT2D eigenvalue weighted by molar-refractivity contribution is 0.0992. The summed E-state index contributed by atoms with van der Waals surface area (Å²) >= 11 is 0. The van der Waals surface area contributed by atoms with Crippen LogP contribution in [0.1, 0.15) is 15.9 Å². The van der Waals surface area contributed by atoms with E-state index in [0.717, 1.165) is 17.7 Å². The Hall–Kier alpha value is -2.23. The summed E-state index contributed by atoms with van der Waals surface area (Å²) in [4.78, 5) is 11.9. The van der Waals surface area contributed by atoms with Gasteiger partial charge in [0.1, 0.15) is 5.75 Å². The largest absolute Gasteiger partial charge is 0.497 e. The number of hydrogen-bond acceptors (Lipinski definition) is 2. The zero-order valence-corrected chi connectivity index (χ0v) is 10.3. The molecule has 19 heavy (non-hydrogen) atoms. The first-order valence-corrected chi connectivity index (χ1v) is 5.71. The van der Waals surface area contributed by atoms with Crippen molar-refractivity contribution in [2.45, 2.75) is 6.42 Å². The van der Waals surface area contributed by atoms with Gasteiger partial charge < -0.3 is 4.74 Å². The molecule has 4 heteroatoms. The van der Waals surface area contributed by atoms with Crippen LogP contribution in [-0.4, -0.2) is 12.9 Å². The molecule has 0 bridgehead atoms. The van der Waals surface area contributed by atoms with E-state index < -0.39 is 11.6 Å². The summed E-state index contributed by atoms with van der Waals surface area (Å²) in [5.74, 6) is -1.60. The number of benzene rings is 2. The number of rotatable bonds is 4. The minimum Gasteiger partial charge on any atom is -0.497 e. The second kappa shape index (κ2) is 5.61. The minimum atomic E-state index is -1.02. The van der Waals surface area contributed by atoms with Gasteiger partial charge in [0.15, 0.2) is 17.4 Å². The fraction of sp³-hybridized carbons (Fsp3) is 0.133. The lowest BCUT2D eigenvalue weighted by Gasteiger charge is -2.04. The van der Waals surface area contributed by atoms with E-state index in [9.17, 15) is 13.6 Å². The van der Waals surface area contributed by atoms with Gasteiger partial charge in [-0.15, -0.1) is 0 Å². The van der Waals surface area contributed by atoms with Crippen molar-refractivity contribution in [1.82, 2.24) is 0 Å². The highest BCUT2D eigenvalue weighted by Crippen LogP contribution is 2.16. The van der Waals surface area contributed by atoms with Crippen molar-refractivity contribution in [3.8, 4) is 5.75 Å². The van der Waals surface area contributed by atoms with E-state index in [1.165, 1.54) is 13.2 Å². The van der Waals surface area contributed by atoms with Crippen molar-refractivity contribution in [1.29, 1.82) is 0 Å². The lowest BCUT2D eigenvalue weighted by Crippen LogP contribution is -2.04. The maximum Gasteiger partial charge on any atom is 0.167 e. The number of ketones is 1. The van der Waals surface area contributed by atoms with E-state index in [1.807, 2.05) is 0 Å². The van der Waals surface area contributed by atoms with Gasteiger partial charge in [-0.3, -0.25) is 4.79 Å². The maximum atomic E-state index is 13.0. The van der Waals surface area contributed by atoms with E-state index in [-0.39, 0.29) is 17.8 Å². The topological polar surface area (TPSA) is 26.3 Å². The number of halogens is 2. The molecule has 0 aliphatic heterocycles. The van der Waals surface area contributed by atoms with Crippen LogP contribution in [0.3, 0.4) is 0 Å². The second-order valence-electron chi connectivity index (χ2n) is 4.08. The van der Waals surface area contributed by atoms with Crippen LogP contribution in [-0.2, 0) is 6.42 Å². The molecule has 0 fully saturated rings. The SMILES string of the molecule is COc1cccc(CC(=O)c2ccc(F)c(F)c2)c1. The highest BCUT2D eigenvalue weighted by atomic mass is 19.2. The zero-order valence-electron chi connectivity index (χ0n) is 10.3. The summed E-state index contributed by atoms with van der Waals surface area (Å²) in [6, 6.07) is 10.2. The van der Waals surface area contributed by atoms with Crippen molar-refractivity contribution >= 4 is 5.78 Å². The van der Waals surface area contributed by atoms with Gasteiger partial charge in [0.05, 0.1) is 7.11 Å². The standard InChI is InChI=1S/C15H12F2O2/c1-19-12-4-2-3-10(7-12)8-15(18)11-5-6-13(16)14(17)9-11/h2-7,9H,8H2,1H3. The van der Waals surface area contributed by atoms with Gasteiger partial charge in [0, 0.05) is 12.0 Å². The predicted octanol–water partition coefficient (Wildman–Crippen LogP) is 3.40. The quantitative estimate of drug-likeness (QED) is 0.789. The van der Waals surface area contributed by atoms with Crippen LogP contribution in [0.5, 0.6) is 5.75 Å². The number of Topliss-reactive ketones (excluding diaryl/α,β-unsaturated/α-hetero) is 1. The third kappa shape index (κ3) is 3.16. The number of ether oxygens (including phenoxy) is 1. The summed E-state index contributed by atoms with van der Waals surface area (Å²) in [5.41, 5.74) is 0.913. The molecule has 0 atom stereocenters. The van der Waals surface area contributed by atoms with Crippen molar-refractivity contribution < 1.29 is 18.3 Å². The van der Waals surface area contributed by atoms with Crippen LogP contribution in [0.2, 0.25) is 0 Å². The predicted molar refractivity (Wildman–Crippen MR) is 67.4 cm³/mol. The van der Waals surface area contributed by atoms with Crippen molar-refractivity contribution in [2.75, 3.05) is 7.11 Å². The van der Waals surface area contributed by atoms with Crippen molar-refractivity contribution in [3.05, 3.63) is 65.2 Å². The zero-order chi connectivity index (χ0) is 13.8. The molecule has 2 rings (SSSR count). The average molecular weight is 262 g/mol. The molecule has 0 saturated heterocycles. The normalized spacial score (nSPS) is 10.3. The third-order valence-electron chi connectivity index (χ3n) is 2.74. The summed E-state index contributed by atoms with van der Waals surface area (Å²) in [6.07, 6.45) is 0.113. The summed E-state index contributed by atoms with van der Waals surface area (Å²) in [6.45, 7) is 0. The van der Waals surface area contributed by atoms with E-state index in [2.05, 4.69) is 0 Å². The van der Waals surface area contributed by atoms with E-state index in [0.29, 0.717) is 5.75 Å². The Morgan fingerprint density at radius 1 is 1.11 bits per heavy atom. The maximum absolute atomic E-state index is 13.0. The van der Waals surface area contributed by atoms with Gasteiger partial charge in [-0.25, -0.2) is 8.78 Å². The molecule has 2 aromatic carbocycles. The van der Waals surface area contributed by atoms with Crippen LogP contribution in [0.4, 0.5) is 8.78 Å². The lowest BCUT2D eigenvalue weighted by atomic mass is 10.0. The third-order valence-corrected chi connectivity index (χ3v) is 2.74. The van der Waals surface area contributed by atoms with Crippen molar-refractivity contribution in [3.63, 3.8) is 0 Å². The average Bonchev–Trinajstić information content (AvgIpc) is 2.42. The first-order chi connectivity index (χ1) is 9.10. The van der Waals surface area contributed by atoms with E-state index in [4.69, 9.17) is 4.74 Å². The molecule has 0 N–H and O–H groups in total. The monoisotopic (exact) mass is 262 g/mol. The first-order valence-electron chi connectivity index (χ1n) is 5.71. The Labute approximate surface area is 109 Å². The van der Waals surface area contributed by atoms with E-state index >= 15 is 0 Å². The minimum absolute atomic E-state index is 0.113. The fourth-order valence-corrected chi connectivity index (χ4v) is 1.74. The number of carbonyl (C=O) groups excluding carboxylic acids is 1. The van der Waals surface area contributed by atoms with Crippen LogP contribution in [0.25, 0.3) is 0 Å². The van der Waals surface area contributed by atoms with E-state index in [1.54, 1.807) is 24.3 Å². The van der Waals surface area contributed by atoms with Gasteiger partial charge in [-0.1, -0.05) is 12.1 Å². The molecule has 0 amide bonds. The molecule has 2 aromatic rings. The molecule has 0 aliphatic rings. The van der Waals surface area contributed by atoms with Crippen LogP contribution in [0, 0.1) is 11.6 Å². The highest BCUT2D eigenvalue weighted by Gasteiger charge is 2.10.